The number of benzene rings is 1. The summed E-state index contributed by atoms with van der Waals surface area (Å²) in [6.45, 7) is 1.39. The molecule has 0 aliphatic heterocycles. The van der Waals surface area contributed by atoms with E-state index in [1.54, 1.807) is 12.1 Å². The second-order valence-electron chi connectivity index (χ2n) is 4.15. The molecular weight excluding hydrogens is 221 g/mol. The van der Waals surface area contributed by atoms with E-state index in [0.717, 1.165) is 6.54 Å². The van der Waals surface area contributed by atoms with E-state index in [0.29, 0.717) is 12.1 Å². The van der Waals surface area contributed by atoms with Crippen LogP contribution in [-0.4, -0.2) is 38.0 Å². The molecule has 1 atom stereocenters. The van der Waals surface area contributed by atoms with Gasteiger partial charge in [-0.05, 0) is 31.8 Å². The Bertz CT molecular complexity index is 382. The van der Waals surface area contributed by atoms with Crippen LogP contribution < -0.4 is 11.1 Å². The zero-order valence-electron chi connectivity index (χ0n) is 10.1. The Labute approximate surface area is 101 Å². The van der Waals surface area contributed by atoms with Crippen molar-refractivity contribution in [1.29, 1.82) is 0 Å². The van der Waals surface area contributed by atoms with Crippen LogP contribution >= 0.6 is 0 Å². The summed E-state index contributed by atoms with van der Waals surface area (Å²) >= 11 is 0. The van der Waals surface area contributed by atoms with Gasteiger partial charge >= 0.3 is 0 Å². The Balaban J connectivity index is 2.69. The van der Waals surface area contributed by atoms with Gasteiger partial charge in [0.15, 0.2) is 0 Å². The number of nitrogens with one attached hydrogen (secondary N) is 1. The molecule has 0 aliphatic rings. The number of carbonyl (C=O) groups excluding carboxylic acids is 1. The van der Waals surface area contributed by atoms with Crippen molar-refractivity contribution < 1.29 is 9.18 Å². The van der Waals surface area contributed by atoms with Crippen molar-refractivity contribution in [2.45, 2.75) is 6.04 Å². The lowest BCUT2D eigenvalue weighted by atomic mass is 10.1. The quantitative estimate of drug-likeness (QED) is 0.760. The number of nitrogens with zero attached hydrogens (tertiary/aromatic N) is 1. The summed E-state index contributed by atoms with van der Waals surface area (Å²) in [6.07, 6.45) is 0. The molecule has 0 fully saturated rings. The molecule has 0 aromatic heterocycles. The number of hydrogen-bond acceptors (Lipinski definition) is 3. The summed E-state index contributed by atoms with van der Waals surface area (Å²) in [5.41, 5.74) is 5.85. The monoisotopic (exact) mass is 239 g/mol. The Hall–Kier alpha value is -1.46. The van der Waals surface area contributed by atoms with E-state index >= 15 is 0 Å². The molecule has 3 N–H and O–H groups in total. The van der Waals surface area contributed by atoms with E-state index in [2.05, 4.69) is 5.32 Å². The number of primary amides is 1. The largest absolute Gasteiger partial charge is 0.368 e. The highest BCUT2D eigenvalue weighted by Gasteiger charge is 2.17. The number of nitrogens with two attached hydrogens (primary N) is 1. The minimum Gasteiger partial charge on any atom is -0.368 e. The zero-order chi connectivity index (χ0) is 12.8. The summed E-state index contributed by atoms with van der Waals surface area (Å²) in [7, 11) is 3.87. The van der Waals surface area contributed by atoms with Gasteiger partial charge in [-0.2, -0.15) is 0 Å². The van der Waals surface area contributed by atoms with Gasteiger partial charge in [0.05, 0.1) is 0 Å². The molecule has 1 amide bonds. The van der Waals surface area contributed by atoms with Crippen molar-refractivity contribution in [3.63, 3.8) is 0 Å². The first-order valence-electron chi connectivity index (χ1n) is 5.43. The van der Waals surface area contributed by atoms with E-state index in [1.165, 1.54) is 12.1 Å². The third-order valence-electron chi connectivity index (χ3n) is 2.37. The highest BCUT2D eigenvalue weighted by molar-refractivity contribution is 5.81. The average molecular weight is 239 g/mol. The first-order valence-corrected chi connectivity index (χ1v) is 5.43. The molecule has 0 aliphatic carbocycles. The van der Waals surface area contributed by atoms with E-state index in [1.807, 2.05) is 19.0 Å². The summed E-state index contributed by atoms with van der Waals surface area (Å²) < 4.78 is 13.1. The van der Waals surface area contributed by atoms with Gasteiger partial charge in [-0.15, -0.1) is 0 Å². The first kappa shape index (κ1) is 13.6. The molecule has 4 nitrogen and oxygen atoms in total. The molecule has 1 aromatic carbocycles. The fraction of sp³-hybridized carbons (Fsp3) is 0.417. The molecule has 0 heterocycles. The second kappa shape index (κ2) is 6.32. The third kappa shape index (κ3) is 4.50. The third-order valence-corrected chi connectivity index (χ3v) is 2.37. The molecule has 0 saturated carbocycles. The fourth-order valence-electron chi connectivity index (χ4n) is 1.50. The van der Waals surface area contributed by atoms with Crippen LogP contribution in [0.25, 0.3) is 0 Å². The standard InChI is InChI=1S/C12H18FN3O/c1-16(2)7-6-15-11(12(14)17)9-4-3-5-10(13)8-9/h3-5,8,11,15H,6-7H2,1-2H3,(H2,14,17). The first-order chi connectivity index (χ1) is 8.00. The van der Waals surface area contributed by atoms with Gasteiger partial charge in [0.1, 0.15) is 11.9 Å². The summed E-state index contributed by atoms with van der Waals surface area (Å²) in [4.78, 5) is 13.3. The lowest BCUT2D eigenvalue weighted by Crippen LogP contribution is -2.37. The SMILES string of the molecule is CN(C)CCNC(C(N)=O)c1cccc(F)c1. The Kier molecular flexibility index (Phi) is 5.06. The Morgan fingerprint density at radius 2 is 2.24 bits per heavy atom. The number of likely N-dealkylation sites (N-methyl/N-ethyl adjacent to an activating group) is 1. The van der Waals surface area contributed by atoms with Crippen molar-refractivity contribution in [2.75, 3.05) is 27.2 Å². The highest BCUT2D eigenvalue weighted by atomic mass is 19.1. The maximum absolute atomic E-state index is 13.1. The van der Waals surface area contributed by atoms with Gasteiger partial charge in [-0.1, -0.05) is 12.1 Å². The Morgan fingerprint density at radius 3 is 2.76 bits per heavy atom. The molecule has 0 saturated heterocycles. The lowest BCUT2D eigenvalue weighted by Gasteiger charge is -2.17. The minimum atomic E-state index is -0.648. The predicted octanol–water partition coefficient (Wildman–Crippen LogP) is 0.503. The maximum Gasteiger partial charge on any atom is 0.239 e. The van der Waals surface area contributed by atoms with Crippen LogP contribution in [0, 0.1) is 5.82 Å². The number of amides is 1. The van der Waals surface area contributed by atoms with E-state index in [-0.39, 0.29) is 5.82 Å². The van der Waals surface area contributed by atoms with Crippen LogP contribution in [0.15, 0.2) is 24.3 Å². The fourth-order valence-corrected chi connectivity index (χ4v) is 1.50. The number of halogens is 1. The molecular formula is C12H18FN3O. The predicted molar refractivity (Wildman–Crippen MR) is 64.9 cm³/mol. The van der Waals surface area contributed by atoms with Crippen molar-refractivity contribution in [3.05, 3.63) is 35.6 Å². The van der Waals surface area contributed by atoms with Crippen molar-refractivity contribution in [3.8, 4) is 0 Å². The topological polar surface area (TPSA) is 58.4 Å². The van der Waals surface area contributed by atoms with Gasteiger partial charge < -0.3 is 16.0 Å². The smallest absolute Gasteiger partial charge is 0.239 e. The maximum atomic E-state index is 13.1. The zero-order valence-corrected chi connectivity index (χ0v) is 10.1. The molecule has 0 bridgehead atoms. The van der Waals surface area contributed by atoms with Gasteiger partial charge in [0, 0.05) is 13.1 Å². The van der Waals surface area contributed by atoms with E-state index < -0.39 is 11.9 Å². The van der Waals surface area contributed by atoms with Crippen molar-refractivity contribution in [1.82, 2.24) is 10.2 Å². The van der Waals surface area contributed by atoms with Crippen LogP contribution in [0.4, 0.5) is 4.39 Å². The number of hydrogen-bond donors (Lipinski definition) is 2. The molecule has 0 spiro atoms. The summed E-state index contributed by atoms with van der Waals surface area (Å²) in [6, 6.07) is 5.25. The molecule has 1 aromatic rings. The van der Waals surface area contributed by atoms with Crippen molar-refractivity contribution >= 4 is 5.91 Å². The Morgan fingerprint density at radius 1 is 1.53 bits per heavy atom. The summed E-state index contributed by atoms with van der Waals surface area (Å²) in [5.74, 6) is -0.877. The highest BCUT2D eigenvalue weighted by Crippen LogP contribution is 2.13. The molecule has 1 rings (SSSR count). The number of rotatable bonds is 6. The second-order valence-corrected chi connectivity index (χ2v) is 4.15. The average Bonchev–Trinajstić information content (AvgIpc) is 2.23. The van der Waals surface area contributed by atoms with Gasteiger partial charge in [0.25, 0.3) is 0 Å². The molecule has 17 heavy (non-hydrogen) atoms. The van der Waals surface area contributed by atoms with E-state index in [9.17, 15) is 9.18 Å². The van der Waals surface area contributed by atoms with Crippen LogP contribution in [0.5, 0.6) is 0 Å². The number of carbonyl (C=O) groups is 1. The van der Waals surface area contributed by atoms with Crippen LogP contribution in [-0.2, 0) is 4.79 Å². The molecule has 0 radical (unpaired) electrons. The van der Waals surface area contributed by atoms with E-state index in [4.69, 9.17) is 5.73 Å². The van der Waals surface area contributed by atoms with Crippen LogP contribution in [0.1, 0.15) is 11.6 Å². The molecule has 5 heteroatoms. The minimum absolute atomic E-state index is 0.372. The van der Waals surface area contributed by atoms with Gasteiger partial charge in [-0.25, -0.2) is 4.39 Å². The normalized spacial score (nSPS) is 12.7. The van der Waals surface area contributed by atoms with Crippen molar-refractivity contribution in [2.24, 2.45) is 5.73 Å². The van der Waals surface area contributed by atoms with Crippen LogP contribution in [0.3, 0.4) is 0 Å². The van der Waals surface area contributed by atoms with Gasteiger partial charge in [-0.3, -0.25) is 4.79 Å². The molecule has 1 unspecified atom stereocenters. The molecule has 94 valence electrons. The summed E-state index contributed by atoms with van der Waals surface area (Å²) in [5, 5.41) is 3.01. The lowest BCUT2D eigenvalue weighted by molar-refractivity contribution is -0.120. The van der Waals surface area contributed by atoms with Crippen LogP contribution in [0.2, 0.25) is 0 Å². The van der Waals surface area contributed by atoms with Gasteiger partial charge in [0.2, 0.25) is 5.91 Å².